The highest BCUT2D eigenvalue weighted by Crippen LogP contribution is 2.39. The molecule has 3 aromatic rings. The van der Waals surface area contributed by atoms with Crippen LogP contribution in [0.15, 0.2) is 30.3 Å². The van der Waals surface area contributed by atoms with Gasteiger partial charge in [-0.2, -0.15) is 0 Å². The minimum absolute atomic E-state index is 0.0352. The quantitative estimate of drug-likeness (QED) is 0.444. The van der Waals surface area contributed by atoms with Crippen molar-refractivity contribution >= 4 is 51.3 Å². The van der Waals surface area contributed by atoms with Crippen molar-refractivity contribution in [3.8, 4) is 22.1 Å². The zero-order chi connectivity index (χ0) is 20.4. The molecule has 0 aliphatic rings. The maximum atomic E-state index is 12.4. The third-order valence-electron chi connectivity index (χ3n) is 3.54. The van der Waals surface area contributed by atoms with Crippen LogP contribution in [-0.2, 0) is 0 Å². The summed E-state index contributed by atoms with van der Waals surface area (Å²) in [4.78, 5) is 22.8. The summed E-state index contributed by atoms with van der Waals surface area (Å²) < 4.78 is 4.90. The van der Waals surface area contributed by atoms with E-state index in [9.17, 15) is 20.0 Å². The fraction of sp³-hybridized carbons (Fsp3) is 0.0625. The first-order chi connectivity index (χ1) is 13.3. The van der Waals surface area contributed by atoms with Crippen LogP contribution in [0.3, 0.4) is 0 Å². The minimum Gasteiger partial charge on any atom is -0.506 e. The number of hydrogen-bond donors (Lipinski definition) is 2. The second kappa shape index (κ2) is 7.97. The first kappa shape index (κ1) is 19.8. The third-order valence-corrected chi connectivity index (χ3v) is 4.92. The minimum atomic E-state index is -0.648. The largest absolute Gasteiger partial charge is 0.506 e. The summed E-state index contributed by atoms with van der Waals surface area (Å²) in [6.45, 7) is 0. The Morgan fingerprint density at radius 3 is 2.71 bits per heavy atom. The Morgan fingerprint density at radius 1 is 1.29 bits per heavy atom. The zero-order valence-electron chi connectivity index (χ0n) is 14.0. The molecule has 0 atom stereocenters. The van der Waals surface area contributed by atoms with Gasteiger partial charge in [0.15, 0.2) is 10.8 Å². The van der Waals surface area contributed by atoms with Gasteiger partial charge in [0.2, 0.25) is 5.13 Å². The van der Waals surface area contributed by atoms with Crippen LogP contribution in [0.25, 0.3) is 10.6 Å². The van der Waals surface area contributed by atoms with E-state index in [0.29, 0.717) is 5.02 Å². The Morgan fingerprint density at radius 2 is 2.04 bits per heavy atom. The number of carbonyl (C=O) groups is 1. The molecule has 2 aromatic carbocycles. The Hall–Kier alpha value is -2.95. The predicted octanol–water partition coefficient (Wildman–Crippen LogP) is 4.39. The van der Waals surface area contributed by atoms with Gasteiger partial charge in [-0.3, -0.25) is 20.2 Å². The van der Waals surface area contributed by atoms with Gasteiger partial charge in [0.25, 0.3) is 5.91 Å². The number of phenols is 1. The number of nitro benzene ring substituents is 1. The number of rotatable bonds is 5. The van der Waals surface area contributed by atoms with E-state index >= 15 is 0 Å². The van der Waals surface area contributed by atoms with Crippen molar-refractivity contribution in [3.63, 3.8) is 0 Å². The summed E-state index contributed by atoms with van der Waals surface area (Å²) in [6, 6.07) is 6.64. The molecule has 0 saturated carbocycles. The van der Waals surface area contributed by atoms with Gasteiger partial charge in [-0.15, -0.1) is 10.2 Å². The molecule has 2 N–H and O–H groups in total. The molecule has 1 heterocycles. The van der Waals surface area contributed by atoms with Gasteiger partial charge in [-0.25, -0.2) is 0 Å². The number of nitro groups is 1. The number of aromatic nitrogens is 2. The van der Waals surface area contributed by atoms with Gasteiger partial charge < -0.3 is 9.84 Å². The van der Waals surface area contributed by atoms with Crippen molar-refractivity contribution in [1.82, 2.24) is 10.2 Å². The number of anilines is 1. The highest BCUT2D eigenvalue weighted by Gasteiger charge is 2.20. The van der Waals surface area contributed by atoms with E-state index in [2.05, 4.69) is 15.5 Å². The van der Waals surface area contributed by atoms with Crippen LogP contribution in [0.5, 0.6) is 11.5 Å². The van der Waals surface area contributed by atoms with E-state index in [0.717, 1.165) is 17.4 Å². The molecule has 144 valence electrons. The molecule has 0 fully saturated rings. The maximum absolute atomic E-state index is 12.4. The summed E-state index contributed by atoms with van der Waals surface area (Å²) in [6.07, 6.45) is 0. The number of hydrogen-bond acceptors (Lipinski definition) is 8. The number of ether oxygens (including phenoxy) is 1. The summed E-state index contributed by atoms with van der Waals surface area (Å²) >= 11 is 12.8. The van der Waals surface area contributed by atoms with Gasteiger partial charge in [0, 0.05) is 16.7 Å². The Labute approximate surface area is 171 Å². The number of benzene rings is 2. The van der Waals surface area contributed by atoms with Crippen molar-refractivity contribution < 1.29 is 19.6 Å². The lowest BCUT2D eigenvalue weighted by molar-refractivity contribution is -0.385. The Balaban J connectivity index is 1.85. The Kier molecular flexibility index (Phi) is 5.63. The average molecular weight is 441 g/mol. The third kappa shape index (κ3) is 3.98. The van der Waals surface area contributed by atoms with Crippen LogP contribution in [0.4, 0.5) is 10.8 Å². The lowest BCUT2D eigenvalue weighted by Crippen LogP contribution is -2.12. The van der Waals surface area contributed by atoms with Crippen LogP contribution >= 0.6 is 34.5 Å². The number of phenolic OH excluding ortho intramolecular Hbond substituents is 1. The van der Waals surface area contributed by atoms with E-state index in [4.69, 9.17) is 27.9 Å². The van der Waals surface area contributed by atoms with Crippen LogP contribution in [0, 0.1) is 10.1 Å². The Bertz CT molecular complexity index is 1090. The van der Waals surface area contributed by atoms with E-state index in [1.54, 1.807) is 0 Å². The first-order valence-corrected chi connectivity index (χ1v) is 9.03. The molecule has 0 aliphatic carbocycles. The number of amides is 1. The van der Waals surface area contributed by atoms with Gasteiger partial charge in [-0.05, 0) is 24.3 Å². The SMILES string of the molecule is COc1ccc(C(=O)Nc2nnc(-c3cc(Cl)cc(Cl)c3O)s2)cc1[N+](=O)[O-]. The van der Waals surface area contributed by atoms with E-state index in [1.165, 1.54) is 31.4 Å². The topological polar surface area (TPSA) is 127 Å². The normalized spacial score (nSPS) is 10.5. The monoisotopic (exact) mass is 440 g/mol. The van der Waals surface area contributed by atoms with Crippen molar-refractivity contribution in [1.29, 1.82) is 0 Å². The molecule has 0 unspecified atom stereocenters. The molecule has 3 rings (SSSR count). The first-order valence-electron chi connectivity index (χ1n) is 7.46. The summed E-state index contributed by atoms with van der Waals surface area (Å²) in [5, 5.41) is 32.1. The molecule has 12 heteroatoms. The molecule has 1 amide bonds. The van der Waals surface area contributed by atoms with E-state index < -0.39 is 10.8 Å². The summed E-state index contributed by atoms with van der Waals surface area (Å²) in [5.41, 5.74) is -0.0416. The van der Waals surface area contributed by atoms with E-state index in [1.807, 2.05) is 0 Å². The maximum Gasteiger partial charge on any atom is 0.311 e. The second-order valence-corrected chi connectivity index (χ2v) is 7.12. The molecular weight excluding hydrogens is 431 g/mol. The molecule has 0 aliphatic heterocycles. The van der Waals surface area contributed by atoms with Crippen LogP contribution < -0.4 is 10.1 Å². The highest BCUT2D eigenvalue weighted by atomic mass is 35.5. The molecule has 28 heavy (non-hydrogen) atoms. The van der Waals surface area contributed by atoms with Gasteiger partial charge in [0.1, 0.15) is 5.75 Å². The number of halogens is 2. The van der Waals surface area contributed by atoms with Crippen molar-refractivity contribution in [2.75, 3.05) is 12.4 Å². The van der Waals surface area contributed by atoms with Crippen molar-refractivity contribution in [2.45, 2.75) is 0 Å². The summed E-state index contributed by atoms with van der Waals surface area (Å²) in [7, 11) is 1.29. The lowest BCUT2D eigenvalue weighted by Gasteiger charge is -2.05. The van der Waals surface area contributed by atoms with Crippen LogP contribution in [-0.4, -0.2) is 33.2 Å². The smallest absolute Gasteiger partial charge is 0.311 e. The molecule has 0 radical (unpaired) electrons. The highest BCUT2D eigenvalue weighted by molar-refractivity contribution is 7.18. The van der Waals surface area contributed by atoms with Crippen molar-refractivity contribution in [2.24, 2.45) is 0 Å². The predicted molar refractivity (Wildman–Crippen MR) is 105 cm³/mol. The van der Waals surface area contributed by atoms with Gasteiger partial charge in [0.05, 0.1) is 22.6 Å². The van der Waals surface area contributed by atoms with Gasteiger partial charge in [-0.1, -0.05) is 34.5 Å². The number of methoxy groups -OCH3 is 1. The van der Waals surface area contributed by atoms with E-state index in [-0.39, 0.29) is 43.5 Å². The number of aromatic hydroxyl groups is 1. The number of nitrogens with zero attached hydrogens (tertiary/aromatic N) is 3. The van der Waals surface area contributed by atoms with Crippen LogP contribution in [0.2, 0.25) is 10.0 Å². The fourth-order valence-electron chi connectivity index (χ4n) is 2.25. The molecule has 0 saturated heterocycles. The summed E-state index contributed by atoms with van der Waals surface area (Å²) in [5.74, 6) is -0.805. The average Bonchev–Trinajstić information content (AvgIpc) is 3.12. The fourth-order valence-corrected chi connectivity index (χ4v) is 3.50. The van der Waals surface area contributed by atoms with Crippen molar-refractivity contribution in [3.05, 3.63) is 56.1 Å². The van der Waals surface area contributed by atoms with Crippen LogP contribution in [0.1, 0.15) is 10.4 Å². The standard InChI is InChI=1S/C16H10Cl2N4O5S/c1-27-12-3-2-7(4-11(12)22(25)26)14(24)19-16-21-20-15(28-16)9-5-8(17)6-10(18)13(9)23/h2-6,23H,1H3,(H,19,21,24). The number of carbonyl (C=O) groups excluding carboxylic acids is 1. The van der Waals surface area contributed by atoms with Gasteiger partial charge >= 0.3 is 5.69 Å². The number of nitrogens with one attached hydrogen (secondary N) is 1. The molecule has 9 nitrogen and oxygen atoms in total. The zero-order valence-corrected chi connectivity index (χ0v) is 16.3. The molecule has 1 aromatic heterocycles. The molecular formula is C16H10Cl2N4O5S. The second-order valence-electron chi connectivity index (χ2n) is 5.29. The molecule has 0 bridgehead atoms. The lowest BCUT2D eigenvalue weighted by atomic mass is 10.2. The molecule has 0 spiro atoms.